The van der Waals surface area contributed by atoms with E-state index in [0.29, 0.717) is 0 Å². The summed E-state index contributed by atoms with van der Waals surface area (Å²) in [6, 6.07) is 0. The van der Waals surface area contributed by atoms with Crippen molar-refractivity contribution in [1.29, 1.82) is 0 Å². The number of amides is 1. The van der Waals surface area contributed by atoms with E-state index in [-0.39, 0.29) is 11.3 Å². The van der Waals surface area contributed by atoms with Gasteiger partial charge in [-0.1, -0.05) is 0 Å². The molecule has 0 saturated carbocycles. The predicted octanol–water partition coefficient (Wildman–Crippen LogP) is -0.266. The summed E-state index contributed by atoms with van der Waals surface area (Å²) in [6.07, 6.45) is 0.940. The zero-order valence-corrected chi connectivity index (χ0v) is 5.34. The van der Waals surface area contributed by atoms with Crippen LogP contribution < -0.4 is 0 Å². The lowest BCUT2D eigenvalue weighted by atomic mass is 10.2. The zero-order chi connectivity index (χ0) is 6.43. The van der Waals surface area contributed by atoms with E-state index in [9.17, 15) is 4.79 Å². The van der Waals surface area contributed by atoms with E-state index < -0.39 is 6.10 Å². The summed E-state index contributed by atoms with van der Waals surface area (Å²) in [5.41, 5.74) is 0. The molecule has 1 unspecified atom stereocenters. The number of nitrogens with zero attached hydrogens (tertiary/aromatic N) is 1. The Morgan fingerprint density at radius 3 is 3.22 bits per heavy atom. The van der Waals surface area contributed by atoms with Crippen LogP contribution in [0.2, 0.25) is 0 Å². The lowest BCUT2D eigenvalue weighted by Gasteiger charge is -2.37. The van der Waals surface area contributed by atoms with Gasteiger partial charge in [0.05, 0.1) is 0 Å². The minimum Gasteiger partial charge on any atom is -0.380 e. The standard InChI is InChI=1S/C5H5NO2S/c7-3-4(8)6-1-2-9-5(3)6/h1-3,5,7H/t3?,5-/m0/s1. The molecule has 0 bridgehead atoms. The van der Waals surface area contributed by atoms with Crippen molar-refractivity contribution in [2.75, 3.05) is 0 Å². The molecule has 0 aromatic rings. The van der Waals surface area contributed by atoms with Crippen LogP contribution >= 0.6 is 11.8 Å². The molecular weight excluding hydrogens is 138 g/mol. The summed E-state index contributed by atoms with van der Waals surface area (Å²) in [5, 5.41) is 10.7. The second-order valence-electron chi connectivity index (χ2n) is 2.00. The SMILES string of the molecule is O=C1C(O)[C@@H]2SC=CN12. The van der Waals surface area contributed by atoms with Gasteiger partial charge in [0.1, 0.15) is 5.37 Å². The number of thioether (sulfide) groups is 1. The Hall–Kier alpha value is -0.480. The summed E-state index contributed by atoms with van der Waals surface area (Å²) in [4.78, 5) is 12.2. The normalized spacial score (nSPS) is 38.8. The number of rotatable bonds is 0. The van der Waals surface area contributed by atoms with Crippen LogP contribution in [0.25, 0.3) is 0 Å². The molecule has 9 heavy (non-hydrogen) atoms. The molecular formula is C5H5NO2S. The maximum absolute atomic E-state index is 10.7. The topological polar surface area (TPSA) is 40.5 Å². The Kier molecular flexibility index (Phi) is 0.896. The van der Waals surface area contributed by atoms with Gasteiger partial charge in [0.2, 0.25) is 0 Å². The highest BCUT2D eigenvalue weighted by Crippen LogP contribution is 2.35. The fourth-order valence-electron chi connectivity index (χ4n) is 0.950. The molecule has 3 nitrogen and oxygen atoms in total. The second kappa shape index (κ2) is 1.52. The van der Waals surface area contributed by atoms with Crippen LogP contribution in [0, 0.1) is 0 Å². The first-order valence-electron chi connectivity index (χ1n) is 2.63. The molecule has 1 amide bonds. The van der Waals surface area contributed by atoms with Gasteiger partial charge in [0.25, 0.3) is 5.91 Å². The average molecular weight is 143 g/mol. The van der Waals surface area contributed by atoms with Crippen LogP contribution in [0.15, 0.2) is 11.6 Å². The third-order valence-electron chi connectivity index (χ3n) is 1.49. The van der Waals surface area contributed by atoms with Gasteiger partial charge in [0, 0.05) is 6.20 Å². The molecule has 1 saturated heterocycles. The van der Waals surface area contributed by atoms with Crippen molar-refractivity contribution in [2.24, 2.45) is 0 Å². The van der Waals surface area contributed by atoms with E-state index in [2.05, 4.69) is 0 Å². The fourth-order valence-corrected chi connectivity index (χ4v) is 1.88. The Balaban J connectivity index is 2.21. The Bertz CT molecular complexity index is 191. The number of fused-ring (bicyclic) bond motifs is 1. The molecule has 0 aromatic heterocycles. The lowest BCUT2D eigenvalue weighted by Crippen LogP contribution is -2.58. The summed E-state index contributed by atoms with van der Waals surface area (Å²) in [5.74, 6) is -0.179. The third kappa shape index (κ3) is 0.495. The van der Waals surface area contributed by atoms with Gasteiger partial charge in [-0.2, -0.15) is 0 Å². The number of hydrogen-bond donors (Lipinski definition) is 1. The van der Waals surface area contributed by atoms with Crippen molar-refractivity contribution in [2.45, 2.75) is 11.5 Å². The first-order valence-corrected chi connectivity index (χ1v) is 3.57. The number of aliphatic hydroxyl groups is 1. The van der Waals surface area contributed by atoms with Crippen molar-refractivity contribution in [3.63, 3.8) is 0 Å². The van der Waals surface area contributed by atoms with E-state index >= 15 is 0 Å². The summed E-state index contributed by atoms with van der Waals surface area (Å²) < 4.78 is 0. The molecule has 2 heterocycles. The molecule has 0 aromatic carbocycles. The molecule has 2 rings (SSSR count). The van der Waals surface area contributed by atoms with Gasteiger partial charge in [-0.3, -0.25) is 4.79 Å². The van der Waals surface area contributed by atoms with Crippen LogP contribution in [0.1, 0.15) is 0 Å². The first-order chi connectivity index (χ1) is 4.30. The molecule has 4 heteroatoms. The number of hydrogen-bond acceptors (Lipinski definition) is 3. The molecule has 2 aliphatic heterocycles. The summed E-state index contributed by atoms with van der Waals surface area (Å²) in [6.45, 7) is 0. The molecule has 0 radical (unpaired) electrons. The first kappa shape index (κ1) is 5.32. The predicted molar refractivity (Wildman–Crippen MR) is 33.4 cm³/mol. The van der Waals surface area contributed by atoms with E-state index in [4.69, 9.17) is 5.11 Å². The summed E-state index contributed by atoms with van der Waals surface area (Å²) >= 11 is 1.48. The fraction of sp³-hybridized carbons (Fsp3) is 0.400. The number of carbonyl (C=O) groups is 1. The van der Waals surface area contributed by atoms with Crippen molar-refractivity contribution >= 4 is 17.7 Å². The maximum Gasteiger partial charge on any atom is 0.259 e. The highest BCUT2D eigenvalue weighted by atomic mass is 32.2. The molecule has 1 N–H and O–H groups in total. The van der Waals surface area contributed by atoms with Crippen LogP contribution in [-0.4, -0.2) is 27.4 Å². The Morgan fingerprint density at radius 1 is 1.78 bits per heavy atom. The van der Waals surface area contributed by atoms with E-state index in [1.165, 1.54) is 16.7 Å². The van der Waals surface area contributed by atoms with Crippen LogP contribution in [0.3, 0.4) is 0 Å². The monoisotopic (exact) mass is 143 g/mol. The van der Waals surface area contributed by atoms with Gasteiger partial charge < -0.3 is 10.0 Å². The van der Waals surface area contributed by atoms with Crippen LogP contribution in [0.4, 0.5) is 0 Å². The van der Waals surface area contributed by atoms with Gasteiger partial charge in [-0.15, -0.1) is 11.8 Å². The summed E-state index contributed by atoms with van der Waals surface area (Å²) in [7, 11) is 0. The Labute approximate surface area is 56.3 Å². The molecule has 0 spiro atoms. The van der Waals surface area contributed by atoms with Gasteiger partial charge in [0.15, 0.2) is 6.10 Å². The molecule has 0 aliphatic carbocycles. The van der Waals surface area contributed by atoms with Crippen LogP contribution in [0.5, 0.6) is 0 Å². The van der Waals surface area contributed by atoms with Gasteiger partial charge in [-0.25, -0.2) is 0 Å². The maximum atomic E-state index is 10.7. The quantitative estimate of drug-likeness (QED) is 0.475. The van der Waals surface area contributed by atoms with Crippen molar-refractivity contribution < 1.29 is 9.90 Å². The van der Waals surface area contributed by atoms with Crippen molar-refractivity contribution in [3.05, 3.63) is 11.6 Å². The smallest absolute Gasteiger partial charge is 0.259 e. The highest BCUT2D eigenvalue weighted by Gasteiger charge is 2.47. The average Bonchev–Trinajstić information content (AvgIpc) is 2.30. The lowest BCUT2D eigenvalue weighted by molar-refractivity contribution is -0.153. The Morgan fingerprint density at radius 2 is 2.56 bits per heavy atom. The van der Waals surface area contributed by atoms with E-state index in [1.807, 2.05) is 5.41 Å². The van der Waals surface area contributed by atoms with E-state index in [0.717, 1.165) is 0 Å². The van der Waals surface area contributed by atoms with Crippen molar-refractivity contribution in [1.82, 2.24) is 4.90 Å². The molecule has 1 fully saturated rings. The second-order valence-corrected chi connectivity index (χ2v) is 3.03. The zero-order valence-electron chi connectivity index (χ0n) is 4.52. The highest BCUT2D eigenvalue weighted by molar-refractivity contribution is 8.03. The number of carbonyl (C=O) groups excluding carboxylic acids is 1. The molecule has 2 atom stereocenters. The minimum atomic E-state index is -0.759. The largest absolute Gasteiger partial charge is 0.380 e. The molecule has 48 valence electrons. The van der Waals surface area contributed by atoms with E-state index in [1.54, 1.807) is 6.20 Å². The molecule has 2 aliphatic rings. The third-order valence-corrected chi connectivity index (χ3v) is 2.53. The minimum absolute atomic E-state index is 0.0162. The van der Waals surface area contributed by atoms with Crippen LogP contribution in [-0.2, 0) is 4.79 Å². The van der Waals surface area contributed by atoms with Crippen molar-refractivity contribution in [3.8, 4) is 0 Å². The van der Waals surface area contributed by atoms with Gasteiger partial charge in [-0.05, 0) is 5.41 Å². The number of β-lactam (4-membered cyclic amide) rings is 1. The number of aliphatic hydroxyl groups excluding tert-OH is 1. The van der Waals surface area contributed by atoms with Gasteiger partial charge >= 0.3 is 0 Å².